The van der Waals surface area contributed by atoms with Crippen molar-refractivity contribution >= 4 is 111 Å². The maximum Gasteiger partial charge on any atom is 0.304 e. The van der Waals surface area contributed by atoms with Crippen LogP contribution in [0.5, 0.6) is 11.5 Å². The summed E-state index contributed by atoms with van der Waals surface area (Å²) in [5.74, 6) is -30.1. The van der Waals surface area contributed by atoms with Gasteiger partial charge in [0.1, 0.15) is 29.9 Å². The third-order valence-electron chi connectivity index (χ3n) is 22.5. The molecule has 0 radical (unpaired) electrons. The van der Waals surface area contributed by atoms with Crippen LogP contribution in [0.15, 0.2) is 78.9 Å². The second-order valence-electron chi connectivity index (χ2n) is 33.9. The first-order valence-electron chi connectivity index (χ1n) is 43.6. The van der Waals surface area contributed by atoms with Gasteiger partial charge in [-0.05, 0) is 131 Å². The minimum atomic E-state index is -1.99. The molecular weight excluding hydrogens is 1680 g/mol. The number of hydrogen-bond acceptors (Lipinski definition) is 27. The summed E-state index contributed by atoms with van der Waals surface area (Å²) >= 11 is 0. The molecule has 1 fully saturated rings. The number of aliphatic carboxylic acids is 3. The molecule has 0 aromatic heterocycles. The number of Topliss-reactive ketones (excluding diaryl/α,β-unsaturated/α-hetero) is 8. The normalized spacial score (nSPS) is 15.8. The smallest absolute Gasteiger partial charge is 0.304 e. The van der Waals surface area contributed by atoms with Gasteiger partial charge >= 0.3 is 17.9 Å². The van der Waals surface area contributed by atoms with Crippen LogP contribution in [0.2, 0.25) is 0 Å². The Morgan fingerprint density at radius 2 is 0.915 bits per heavy atom. The van der Waals surface area contributed by atoms with Gasteiger partial charge in [0.15, 0.2) is 40.5 Å². The molecule has 0 saturated carbocycles. The molecule has 16 atom stereocenters. The number of rotatable bonds is 65. The van der Waals surface area contributed by atoms with Gasteiger partial charge < -0.3 is 98.5 Å². The van der Waals surface area contributed by atoms with E-state index in [1.165, 1.54) is 53.4 Å². The standard InChI is InChI=1S/C91H129N9O29/c1-8-52(4)84(79(114)40-60(34-57-20-25-64(105)26-21-57)87(124)95-71(33-51(2)3)75(110)38-61(42-82(118)119)86(123)94-53(5)15-12-13-30-92)99-89(126)63(48-101)41-76(111)72(36-58-22-27-65(106)28-23-58)96-88(125)62(43-83(120)121)39-77(112)74(49-102)98-91(128)70(55(7)104)45-78(113)73(35-56-16-10-9-11-17-56)97-90(127)69(54(6)103)44-68(109)46-93-85(122)59(24-29-81(116)117)37-66(107)18-14-19-67(108)47-100-31-32-129-50-80(100)115/h9-11,16-17,20-23,25-28,51-55,59-63,69-74,84,101-106H,8,12-15,18-19,24,29-50,92H2,1-7H3,(H,93,122)(H,94,123)(H,95,124)(H,96,125)(H,97,127)(H,98,128)(H,99,126)(H,116,117)(H,118,119)(H,120,121)/t52-,53+,54+,55+,59+,60+,61-,62-,63-,69-,70-,71-,72-,73-,74-,84-/m0/s1. The number of benzene rings is 3. The number of phenolic OH excluding ortho intramolecular Hbond substituents is 2. The molecule has 0 spiro atoms. The van der Waals surface area contributed by atoms with E-state index in [1.54, 1.807) is 65.0 Å². The van der Waals surface area contributed by atoms with Crippen molar-refractivity contribution in [2.45, 2.75) is 238 Å². The van der Waals surface area contributed by atoms with E-state index in [0.29, 0.717) is 36.9 Å². The SMILES string of the molecule is CC[C@H](C)[C@H](NC(=O)[C@H](CO)CC(=O)[C@H](Cc1ccc(O)cc1)NC(=O)[C@H](CC(=O)O)CC(=O)[C@H](CO)NC(=O)[C@@H](CC(=O)[C@H](Cc1ccccc1)NC(=O)[C@@H](CC(=O)CNC(=O)[C@H](CCC(=O)O)CC(=O)CCCC(=O)CN1CCOCC1=O)[C@@H](C)O)[C@@H](C)O)C(=O)C[C@@H](Cc1ccc(O)cc1)C(=O)N[C@@H](CC(C)C)C(=O)C[C@@H](CC(=O)O)C(=O)N[C@H](C)CCCCN. The lowest BCUT2D eigenvalue weighted by Crippen LogP contribution is -2.52. The highest BCUT2D eigenvalue weighted by Gasteiger charge is 2.41. The van der Waals surface area contributed by atoms with Crippen molar-refractivity contribution < 1.29 is 142 Å². The van der Waals surface area contributed by atoms with E-state index >= 15 is 0 Å². The van der Waals surface area contributed by atoms with E-state index in [-0.39, 0.29) is 118 Å². The van der Waals surface area contributed by atoms with Gasteiger partial charge in [0.25, 0.3) is 0 Å². The van der Waals surface area contributed by atoms with E-state index in [9.17, 15) is 137 Å². The van der Waals surface area contributed by atoms with Gasteiger partial charge in [-0.2, -0.15) is 0 Å². The zero-order valence-corrected chi connectivity index (χ0v) is 74.2. The number of nitrogens with two attached hydrogens (primary N) is 1. The maximum absolute atomic E-state index is 14.8. The van der Waals surface area contributed by atoms with Gasteiger partial charge in [-0.25, -0.2) is 0 Å². The van der Waals surface area contributed by atoms with Crippen molar-refractivity contribution in [1.29, 1.82) is 0 Å². The van der Waals surface area contributed by atoms with E-state index in [0.717, 1.165) is 13.8 Å². The second-order valence-corrected chi connectivity index (χ2v) is 33.9. The molecule has 3 aromatic rings. The monoisotopic (exact) mass is 1810 g/mol. The first-order valence-corrected chi connectivity index (χ1v) is 43.6. The Morgan fingerprint density at radius 1 is 0.442 bits per heavy atom. The Bertz CT molecular complexity index is 4290. The number of unbranched alkanes of at least 4 members (excludes halogenated alkanes) is 1. The van der Waals surface area contributed by atoms with E-state index in [4.69, 9.17) is 10.5 Å². The highest BCUT2D eigenvalue weighted by atomic mass is 16.5. The number of phenols is 2. The molecule has 1 aliphatic rings. The van der Waals surface area contributed by atoms with Crippen molar-refractivity contribution in [2.75, 3.05) is 52.6 Å². The first kappa shape index (κ1) is 110. The van der Waals surface area contributed by atoms with Gasteiger partial charge in [0, 0.05) is 88.6 Å². The summed E-state index contributed by atoms with van der Waals surface area (Å²) in [4.78, 5) is 261. The summed E-state index contributed by atoms with van der Waals surface area (Å²) in [6.07, 6.45) is -10.3. The van der Waals surface area contributed by atoms with Crippen LogP contribution in [0.3, 0.4) is 0 Å². The van der Waals surface area contributed by atoms with E-state index < -0.39 is 280 Å². The number of morpholine rings is 1. The zero-order valence-electron chi connectivity index (χ0n) is 74.2. The fourth-order valence-corrected chi connectivity index (χ4v) is 14.7. The van der Waals surface area contributed by atoms with Gasteiger partial charge in [0.05, 0.1) is 112 Å². The number of aromatic hydroxyl groups is 2. The van der Waals surface area contributed by atoms with E-state index in [2.05, 4.69) is 37.2 Å². The third-order valence-corrected chi connectivity index (χ3v) is 22.5. The Balaban J connectivity index is 1.54. The molecule has 1 heterocycles. The van der Waals surface area contributed by atoms with Crippen LogP contribution in [0, 0.1) is 53.3 Å². The number of ketones is 8. The van der Waals surface area contributed by atoms with Gasteiger partial charge in [-0.3, -0.25) is 91.1 Å². The summed E-state index contributed by atoms with van der Waals surface area (Å²) in [5.41, 5.74) is 6.77. The summed E-state index contributed by atoms with van der Waals surface area (Å²) in [6.45, 7) is 8.29. The van der Waals surface area contributed by atoms with Crippen LogP contribution < -0.4 is 43.0 Å². The zero-order chi connectivity index (χ0) is 96.3. The Morgan fingerprint density at radius 3 is 1.43 bits per heavy atom. The molecule has 18 N–H and O–H groups in total. The summed E-state index contributed by atoms with van der Waals surface area (Å²) in [5, 5.41) is 111. The van der Waals surface area contributed by atoms with Crippen molar-refractivity contribution in [3.05, 3.63) is 95.6 Å². The Kier molecular flexibility index (Phi) is 48.4. The number of nitrogens with one attached hydrogen (secondary N) is 7. The molecule has 1 aliphatic heterocycles. The molecular formula is C91H129N9O29. The lowest BCUT2D eigenvalue weighted by Gasteiger charge is -2.28. The number of aliphatic hydroxyl groups excluding tert-OH is 4. The molecule has 38 nitrogen and oxygen atoms in total. The van der Waals surface area contributed by atoms with Crippen LogP contribution in [-0.4, -0.2) is 263 Å². The van der Waals surface area contributed by atoms with Crippen LogP contribution in [-0.2, 0) is 115 Å². The lowest BCUT2D eigenvalue weighted by atomic mass is 9.85. The molecule has 4 rings (SSSR count). The van der Waals surface area contributed by atoms with Gasteiger partial charge in [0.2, 0.25) is 47.3 Å². The van der Waals surface area contributed by atoms with Crippen LogP contribution >= 0.6 is 0 Å². The molecule has 8 amide bonds. The number of ether oxygens (including phenoxy) is 1. The maximum atomic E-state index is 14.8. The van der Waals surface area contributed by atoms with Crippen LogP contribution in [0.25, 0.3) is 0 Å². The molecule has 3 aromatic carbocycles. The molecule has 38 heteroatoms. The van der Waals surface area contributed by atoms with E-state index in [1.807, 2.05) is 0 Å². The molecule has 0 aliphatic carbocycles. The molecule has 129 heavy (non-hydrogen) atoms. The number of hydrogen-bond donors (Lipinski definition) is 17. The summed E-state index contributed by atoms with van der Waals surface area (Å²) < 4.78 is 5.07. The quantitative estimate of drug-likeness (QED) is 0.0357. The number of aliphatic hydroxyl groups is 4. The Hall–Kier alpha value is -11.5. The molecule has 712 valence electrons. The molecule has 1 saturated heterocycles. The van der Waals surface area contributed by atoms with Crippen LogP contribution in [0.4, 0.5) is 0 Å². The number of carbonyl (C=O) groups excluding carboxylic acids is 16. The summed E-state index contributed by atoms with van der Waals surface area (Å²) in [6, 6.07) is 10.4. The number of carboxylic acids is 3. The van der Waals surface area contributed by atoms with Gasteiger partial charge in [-0.15, -0.1) is 0 Å². The first-order chi connectivity index (χ1) is 60.9. The lowest BCUT2D eigenvalue weighted by molar-refractivity contribution is -0.145. The predicted molar refractivity (Wildman–Crippen MR) is 463 cm³/mol. The molecule has 0 unspecified atom stereocenters. The average molecular weight is 1810 g/mol. The summed E-state index contributed by atoms with van der Waals surface area (Å²) in [7, 11) is 0. The number of amides is 8. The fraction of sp³-hybridized carbons (Fsp3) is 0.593. The highest BCUT2D eigenvalue weighted by Crippen LogP contribution is 2.27. The second kappa shape index (κ2) is 56.8. The van der Waals surface area contributed by atoms with Crippen molar-refractivity contribution in [3.63, 3.8) is 0 Å². The average Bonchev–Trinajstić information content (AvgIpc) is 0.836. The topological polar surface area (TPSA) is 629 Å². The van der Waals surface area contributed by atoms with Gasteiger partial charge in [-0.1, -0.05) is 95.1 Å². The van der Waals surface area contributed by atoms with Crippen molar-refractivity contribution in [3.8, 4) is 11.5 Å². The predicted octanol–water partition coefficient (Wildman–Crippen LogP) is 1.58. The third kappa shape index (κ3) is 40.4. The van der Waals surface area contributed by atoms with Crippen LogP contribution in [0.1, 0.15) is 187 Å². The largest absolute Gasteiger partial charge is 0.508 e. The number of nitrogens with zero attached hydrogens (tertiary/aromatic N) is 1. The van der Waals surface area contributed by atoms with Crippen molar-refractivity contribution in [1.82, 2.24) is 42.1 Å². The fourth-order valence-electron chi connectivity index (χ4n) is 14.7. The number of carbonyl (C=O) groups is 19. The minimum absolute atomic E-state index is 0.0251. The number of carboxylic acid groups (broad SMARTS) is 3. The Labute approximate surface area is 748 Å². The van der Waals surface area contributed by atoms with Crippen molar-refractivity contribution in [2.24, 2.45) is 59.0 Å². The molecule has 0 bridgehead atoms. The highest BCUT2D eigenvalue weighted by molar-refractivity contribution is 6.01. The minimum Gasteiger partial charge on any atom is -0.508 e.